The molecule has 0 saturated carbocycles. The summed E-state index contributed by atoms with van der Waals surface area (Å²) in [6.45, 7) is 0. The molecule has 12 heteroatoms. The second kappa shape index (κ2) is 6.72. The number of hydrogen-bond acceptors (Lipinski definition) is 3. The third kappa shape index (κ3) is 4.99. The van der Waals surface area contributed by atoms with Crippen molar-refractivity contribution in [3.05, 3.63) is 34.9 Å². The van der Waals surface area contributed by atoms with E-state index in [9.17, 15) is 44.6 Å². The highest BCUT2D eigenvalue weighted by atomic mass is 19.4. The highest BCUT2D eigenvalue weighted by Gasteiger charge is 2.47. The monoisotopic (exact) mass is 381 g/mol. The van der Waals surface area contributed by atoms with E-state index in [2.05, 4.69) is 0 Å². The van der Waals surface area contributed by atoms with Crippen LogP contribution in [0.5, 0.6) is 0 Å². The minimum Gasteiger partial charge on any atom is -0.387 e. The lowest BCUT2D eigenvalue weighted by molar-refractivity contribution is -0.222. The van der Waals surface area contributed by atoms with Crippen LogP contribution in [0.1, 0.15) is 22.8 Å². The highest BCUT2D eigenvalue weighted by molar-refractivity contribution is 5.35. The Morgan fingerprint density at radius 1 is 0.800 bits per heavy atom. The van der Waals surface area contributed by atoms with E-state index in [0.717, 1.165) is 6.07 Å². The van der Waals surface area contributed by atoms with Crippen molar-refractivity contribution in [2.45, 2.75) is 30.7 Å². The van der Waals surface area contributed by atoms with Gasteiger partial charge in [0.25, 0.3) is 0 Å². The lowest BCUT2D eigenvalue weighted by Gasteiger charge is -2.25. The van der Waals surface area contributed by atoms with Crippen LogP contribution in [-0.2, 0) is 12.4 Å². The molecular formula is C13H8F9NO2. The van der Waals surface area contributed by atoms with Crippen molar-refractivity contribution in [2.24, 2.45) is 5.92 Å². The summed E-state index contributed by atoms with van der Waals surface area (Å²) in [5, 5.41) is 27.3. The van der Waals surface area contributed by atoms with E-state index < -0.39 is 53.3 Å². The fraction of sp³-hybridized carbons (Fsp3) is 0.462. The standard InChI is InChI=1S/C13H8F9NO2/c14-11(15,16)6-1-5(2-7(3-6)12(17,18)19)9(24)8(4-23)10(25)13(20,21)22/h1-3,8-10,24-25H. The summed E-state index contributed by atoms with van der Waals surface area (Å²) in [6.07, 6.45) is -22.2. The molecule has 1 rings (SSSR count). The van der Waals surface area contributed by atoms with Crippen LogP contribution in [0.15, 0.2) is 18.2 Å². The van der Waals surface area contributed by atoms with Crippen LogP contribution in [-0.4, -0.2) is 22.5 Å². The molecule has 0 aliphatic heterocycles. The quantitative estimate of drug-likeness (QED) is 0.783. The van der Waals surface area contributed by atoms with Gasteiger partial charge in [-0.25, -0.2) is 0 Å². The molecule has 3 nitrogen and oxygen atoms in total. The molecule has 0 spiro atoms. The van der Waals surface area contributed by atoms with Crippen molar-refractivity contribution in [2.75, 3.05) is 0 Å². The Bertz CT molecular complexity index is 625. The average Bonchev–Trinajstić information content (AvgIpc) is 2.44. The van der Waals surface area contributed by atoms with Crippen LogP contribution in [0.4, 0.5) is 39.5 Å². The molecule has 0 bridgehead atoms. The predicted octanol–water partition coefficient (Wildman–Crippen LogP) is 3.82. The molecule has 0 aromatic heterocycles. The normalized spacial score (nSPS) is 16.9. The van der Waals surface area contributed by atoms with E-state index in [1.807, 2.05) is 0 Å². The van der Waals surface area contributed by atoms with Gasteiger partial charge in [0.15, 0.2) is 6.10 Å². The van der Waals surface area contributed by atoms with Gasteiger partial charge in [-0.3, -0.25) is 0 Å². The third-order valence-electron chi connectivity index (χ3n) is 3.12. The molecule has 0 aliphatic carbocycles. The van der Waals surface area contributed by atoms with Crippen molar-refractivity contribution in [1.82, 2.24) is 0 Å². The number of aliphatic hydroxyl groups excluding tert-OH is 2. The zero-order chi connectivity index (χ0) is 19.8. The maximum absolute atomic E-state index is 12.7. The van der Waals surface area contributed by atoms with Gasteiger partial charge >= 0.3 is 18.5 Å². The second-order valence-electron chi connectivity index (χ2n) is 4.93. The molecule has 2 N–H and O–H groups in total. The van der Waals surface area contributed by atoms with Gasteiger partial charge in [-0.05, 0) is 23.8 Å². The first-order chi connectivity index (χ1) is 11.1. The Morgan fingerprint density at radius 3 is 1.48 bits per heavy atom. The molecule has 3 unspecified atom stereocenters. The van der Waals surface area contributed by atoms with Crippen molar-refractivity contribution in [1.29, 1.82) is 5.26 Å². The van der Waals surface area contributed by atoms with Crippen LogP contribution in [0, 0.1) is 17.2 Å². The summed E-state index contributed by atoms with van der Waals surface area (Å²) in [6, 6.07) is 0.506. The molecular weight excluding hydrogens is 373 g/mol. The molecule has 0 radical (unpaired) electrons. The number of benzene rings is 1. The fourth-order valence-electron chi connectivity index (χ4n) is 1.87. The summed E-state index contributed by atoms with van der Waals surface area (Å²) in [5.74, 6) is -2.73. The molecule has 0 saturated heterocycles. The number of hydrogen-bond donors (Lipinski definition) is 2. The summed E-state index contributed by atoms with van der Waals surface area (Å²) in [7, 11) is 0. The van der Waals surface area contributed by atoms with Crippen molar-refractivity contribution >= 4 is 0 Å². The van der Waals surface area contributed by atoms with E-state index in [1.54, 1.807) is 0 Å². The summed E-state index contributed by atoms with van der Waals surface area (Å²) in [4.78, 5) is 0. The number of nitriles is 1. The van der Waals surface area contributed by atoms with Crippen LogP contribution < -0.4 is 0 Å². The van der Waals surface area contributed by atoms with E-state index in [4.69, 9.17) is 10.4 Å². The van der Waals surface area contributed by atoms with Gasteiger partial charge in [0, 0.05) is 0 Å². The number of rotatable bonds is 3. The largest absolute Gasteiger partial charge is 0.416 e. The Labute approximate surface area is 133 Å². The Kier molecular flexibility index (Phi) is 5.66. The highest BCUT2D eigenvalue weighted by Crippen LogP contribution is 2.40. The molecule has 0 heterocycles. The van der Waals surface area contributed by atoms with Crippen molar-refractivity contribution in [3.63, 3.8) is 0 Å². The summed E-state index contributed by atoms with van der Waals surface area (Å²) >= 11 is 0. The average molecular weight is 381 g/mol. The SMILES string of the molecule is N#CC(C(O)c1cc(C(F)(F)F)cc(C(F)(F)F)c1)C(O)C(F)(F)F. The Hall–Kier alpha value is -2.00. The predicted molar refractivity (Wildman–Crippen MR) is 62.6 cm³/mol. The lowest BCUT2D eigenvalue weighted by atomic mass is 9.89. The zero-order valence-electron chi connectivity index (χ0n) is 11.7. The first-order valence-corrected chi connectivity index (χ1v) is 6.21. The van der Waals surface area contributed by atoms with Crippen LogP contribution >= 0.6 is 0 Å². The molecule has 1 aromatic rings. The van der Waals surface area contributed by atoms with Crippen LogP contribution in [0.25, 0.3) is 0 Å². The third-order valence-corrected chi connectivity index (χ3v) is 3.12. The van der Waals surface area contributed by atoms with Crippen molar-refractivity contribution < 1.29 is 49.7 Å². The maximum atomic E-state index is 12.7. The van der Waals surface area contributed by atoms with Gasteiger partial charge in [-0.1, -0.05) is 0 Å². The van der Waals surface area contributed by atoms with E-state index in [0.29, 0.717) is 0 Å². The Balaban J connectivity index is 3.47. The number of nitrogens with zero attached hydrogens (tertiary/aromatic N) is 1. The first-order valence-electron chi connectivity index (χ1n) is 6.21. The number of aliphatic hydroxyl groups is 2. The van der Waals surface area contributed by atoms with Gasteiger partial charge in [0.2, 0.25) is 0 Å². The summed E-state index contributed by atoms with van der Waals surface area (Å²) < 4.78 is 113. The first kappa shape index (κ1) is 21.0. The second-order valence-corrected chi connectivity index (χ2v) is 4.93. The van der Waals surface area contributed by atoms with Crippen molar-refractivity contribution in [3.8, 4) is 6.07 Å². The fourth-order valence-corrected chi connectivity index (χ4v) is 1.87. The lowest BCUT2D eigenvalue weighted by Crippen LogP contribution is -2.38. The number of alkyl halides is 9. The van der Waals surface area contributed by atoms with E-state index in [1.165, 1.54) is 0 Å². The van der Waals surface area contributed by atoms with Crippen LogP contribution in [0.3, 0.4) is 0 Å². The molecule has 1 aromatic carbocycles. The Morgan fingerprint density at radius 2 is 1.20 bits per heavy atom. The topological polar surface area (TPSA) is 64.2 Å². The summed E-state index contributed by atoms with van der Waals surface area (Å²) in [5.41, 5.74) is -5.00. The van der Waals surface area contributed by atoms with Gasteiger partial charge in [0.1, 0.15) is 5.92 Å². The minimum atomic E-state index is -5.42. The maximum Gasteiger partial charge on any atom is 0.416 e. The van der Waals surface area contributed by atoms with E-state index >= 15 is 0 Å². The van der Waals surface area contributed by atoms with Gasteiger partial charge < -0.3 is 10.2 Å². The molecule has 0 amide bonds. The molecule has 0 fully saturated rings. The van der Waals surface area contributed by atoms with Gasteiger partial charge in [0.05, 0.1) is 23.3 Å². The molecule has 3 atom stereocenters. The molecule has 140 valence electrons. The van der Waals surface area contributed by atoms with E-state index in [-0.39, 0.29) is 18.2 Å². The zero-order valence-corrected chi connectivity index (χ0v) is 11.7. The molecule has 25 heavy (non-hydrogen) atoms. The van der Waals surface area contributed by atoms with Gasteiger partial charge in [-0.15, -0.1) is 0 Å². The molecule has 0 aliphatic rings. The number of halogens is 9. The van der Waals surface area contributed by atoms with Gasteiger partial charge in [-0.2, -0.15) is 44.8 Å². The minimum absolute atomic E-state index is 0.0205. The van der Waals surface area contributed by atoms with Crippen LogP contribution in [0.2, 0.25) is 0 Å². The smallest absolute Gasteiger partial charge is 0.387 e.